The third-order valence-corrected chi connectivity index (χ3v) is 8.57. The SMILES string of the molecule is [2H]c1c([2H])c([2H])c(-c2cccc(-c3c4ccccc4c(-c4ccccc4-n4c(-c5c([2H])c([2H])c([2H])c([2H])c5[2H])nc5ccccc54)c4ccccc34)c2)c([2H])c1[2H]. The maximum absolute atomic E-state index is 8.89. The first-order valence-electron chi connectivity index (χ1n) is 20.2. The summed E-state index contributed by atoms with van der Waals surface area (Å²) >= 11 is 0. The molecule has 2 nitrogen and oxygen atoms in total. The van der Waals surface area contributed by atoms with Gasteiger partial charge in [0.25, 0.3) is 0 Å². The number of nitrogens with zero attached hydrogens (tertiary/aromatic N) is 2. The Hall–Kier alpha value is -6.25. The number of para-hydroxylation sites is 3. The molecule has 8 aromatic carbocycles. The summed E-state index contributed by atoms with van der Waals surface area (Å²) in [5.41, 5.74) is 6.05. The third-order valence-electron chi connectivity index (χ3n) is 8.57. The van der Waals surface area contributed by atoms with Gasteiger partial charge in [-0.15, -0.1) is 0 Å². The molecule has 9 rings (SSSR count). The van der Waals surface area contributed by atoms with Crippen LogP contribution in [0.1, 0.15) is 13.7 Å². The number of imidazole rings is 1. The van der Waals surface area contributed by atoms with Gasteiger partial charge in [0, 0.05) is 11.1 Å². The highest BCUT2D eigenvalue weighted by Crippen LogP contribution is 2.46. The number of aromatic nitrogens is 2. The second-order valence-electron chi connectivity index (χ2n) is 11.2. The first kappa shape index (κ1) is 18.7. The van der Waals surface area contributed by atoms with Crippen molar-refractivity contribution in [3.05, 3.63) is 182 Å². The Labute approximate surface area is 287 Å². The van der Waals surface area contributed by atoms with E-state index >= 15 is 0 Å². The van der Waals surface area contributed by atoms with Gasteiger partial charge in [-0.25, -0.2) is 4.98 Å². The molecule has 220 valence electrons. The van der Waals surface area contributed by atoms with Crippen molar-refractivity contribution in [3.8, 4) is 50.5 Å². The van der Waals surface area contributed by atoms with E-state index in [4.69, 9.17) is 18.7 Å². The van der Waals surface area contributed by atoms with Gasteiger partial charge in [-0.1, -0.05) is 157 Å². The Morgan fingerprint density at radius 3 is 1.70 bits per heavy atom. The smallest absolute Gasteiger partial charge is 0.145 e. The lowest BCUT2D eigenvalue weighted by molar-refractivity contribution is 1.10. The molecule has 2 heteroatoms. The Balaban J connectivity index is 1.35. The second-order valence-corrected chi connectivity index (χ2v) is 11.2. The molecule has 0 spiro atoms. The quantitative estimate of drug-likeness (QED) is 0.178. The van der Waals surface area contributed by atoms with Crippen molar-refractivity contribution in [2.45, 2.75) is 0 Å². The molecule has 0 aliphatic heterocycles. The van der Waals surface area contributed by atoms with Crippen LogP contribution >= 0.6 is 0 Å². The summed E-state index contributed by atoms with van der Waals surface area (Å²) in [6.45, 7) is 0. The minimum Gasteiger partial charge on any atom is -0.292 e. The lowest BCUT2D eigenvalue weighted by atomic mass is 9.85. The molecule has 9 aromatic rings. The topological polar surface area (TPSA) is 17.8 Å². The van der Waals surface area contributed by atoms with Crippen LogP contribution in [0.5, 0.6) is 0 Å². The number of hydrogen-bond donors (Lipinski definition) is 0. The van der Waals surface area contributed by atoms with Crippen LogP contribution in [0.25, 0.3) is 83.0 Å². The minimum absolute atomic E-state index is 0.00365. The van der Waals surface area contributed by atoms with Gasteiger partial charge in [0.15, 0.2) is 0 Å². The van der Waals surface area contributed by atoms with Crippen LogP contribution < -0.4 is 0 Å². The number of hydrogen-bond acceptors (Lipinski definition) is 1. The van der Waals surface area contributed by atoms with Gasteiger partial charge in [0.05, 0.1) is 30.4 Å². The van der Waals surface area contributed by atoms with E-state index in [1.165, 1.54) is 0 Å². The minimum atomic E-state index is -0.478. The van der Waals surface area contributed by atoms with Crippen LogP contribution in [0, 0.1) is 0 Å². The number of benzene rings is 8. The van der Waals surface area contributed by atoms with Crippen molar-refractivity contribution in [1.29, 1.82) is 0 Å². The molecule has 0 amide bonds. The maximum atomic E-state index is 8.89. The zero-order chi connectivity index (χ0) is 39.9. The maximum Gasteiger partial charge on any atom is 0.145 e. The van der Waals surface area contributed by atoms with Crippen molar-refractivity contribution in [1.82, 2.24) is 9.55 Å². The normalized spacial score (nSPS) is 14.4. The number of rotatable bonds is 5. The summed E-state index contributed by atoms with van der Waals surface area (Å²) < 4.78 is 86.8. The highest BCUT2D eigenvalue weighted by atomic mass is 15.1. The molecule has 0 aliphatic carbocycles. The monoisotopic (exact) mass is 608 g/mol. The molecule has 0 radical (unpaired) electrons. The van der Waals surface area contributed by atoms with Crippen LogP contribution in [0.4, 0.5) is 0 Å². The van der Waals surface area contributed by atoms with Gasteiger partial charge in [-0.05, 0) is 73.6 Å². The summed E-state index contributed by atoms with van der Waals surface area (Å²) in [6.07, 6.45) is 0. The van der Waals surface area contributed by atoms with Gasteiger partial charge >= 0.3 is 0 Å². The Bertz CT molecular complexity index is 3040. The zero-order valence-electron chi connectivity index (χ0n) is 34.9. The van der Waals surface area contributed by atoms with E-state index in [9.17, 15) is 0 Å². The fourth-order valence-corrected chi connectivity index (χ4v) is 6.63. The predicted molar refractivity (Wildman–Crippen MR) is 198 cm³/mol. The fourth-order valence-electron chi connectivity index (χ4n) is 6.63. The first-order chi connectivity index (χ1) is 27.5. The van der Waals surface area contributed by atoms with Crippen molar-refractivity contribution in [2.24, 2.45) is 0 Å². The summed E-state index contributed by atoms with van der Waals surface area (Å²) in [7, 11) is 0. The van der Waals surface area contributed by atoms with E-state index in [-0.39, 0.29) is 41.1 Å². The highest BCUT2D eigenvalue weighted by Gasteiger charge is 2.21. The van der Waals surface area contributed by atoms with E-state index in [0.717, 1.165) is 43.8 Å². The zero-order valence-corrected chi connectivity index (χ0v) is 24.9. The Morgan fingerprint density at radius 1 is 0.447 bits per heavy atom. The molecule has 0 unspecified atom stereocenters. The van der Waals surface area contributed by atoms with Crippen molar-refractivity contribution in [2.75, 3.05) is 0 Å². The number of fused-ring (bicyclic) bond motifs is 3. The van der Waals surface area contributed by atoms with E-state index < -0.39 is 36.3 Å². The van der Waals surface area contributed by atoms with E-state index in [2.05, 4.69) is 12.1 Å². The molecule has 0 N–H and O–H groups in total. The van der Waals surface area contributed by atoms with Gasteiger partial charge in [-0.2, -0.15) is 0 Å². The van der Waals surface area contributed by atoms with E-state index in [1.807, 2.05) is 108 Å². The highest BCUT2D eigenvalue weighted by molar-refractivity contribution is 6.22. The lowest BCUT2D eigenvalue weighted by Gasteiger charge is -2.21. The summed E-state index contributed by atoms with van der Waals surface area (Å²) in [4.78, 5) is 4.90. The first-order valence-corrected chi connectivity index (χ1v) is 15.2. The molecule has 0 fully saturated rings. The largest absolute Gasteiger partial charge is 0.292 e. The summed E-state index contributed by atoms with van der Waals surface area (Å²) in [5.74, 6) is 0.218. The fraction of sp³-hybridized carbons (Fsp3) is 0. The van der Waals surface area contributed by atoms with Crippen molar-refractivity contribution >= 4 is 32.6 Å². The van der Waals surface area contributed by atoms with Crippen LogP contribution in [-0.4, -0.2) is 9.55 Å². The standard InChI is InChI=1S/C45H30N2/c1-3-16-31(17-4-1)33-20-15-21-34(30-33)43-35-22-7-9-24-37(35)44(38-25-10-8-23-36(38)43)39-26-11-13-28-41(39)47-42-29-14-12-27-40(42)46-45(47)32-18-5-2-6-19-32/h1-30H/i1D,2D,3D,4D,5D,6D,16D,17D,18D,19D. The van der Waals surface area contributed by atoms with E-state index in [1.54, 1.807) is 6.07 Å². The van der Waals surface area contributed by atoms with Gasteiger partial charge < -0.3 is 0 Å². The van der Waals surface area contributed by atoms with Crippen molar-refractivity contribution in [3.63, 3.8) is 0 Å². The molecule has 0 saturated carbocycles. The molecule has 47 heavy (non-hydrogen) atoms. The lowest BCUT2D eigenvalue weighted by Crippen LogP contribution is -2.01. The third kappa shape index (κ3) is 4.54. The molecule has 1 heterocycles. The van der Waals surface area contributed by atoms with Crippen LogP contribution in [-0.2, 0) is 0 Å². The molecule has 0 atom stereocenters. The average molecular weight is 609 g/mol. The molecule has 1 aromatic heterocycles. The second kappa shape index (κ2) is 11.3. The van der Waals surface area contributed by atoms with Crippen LogP contribution in [0.15, 0.2) is 182 Å². The molecular weight excluding hydrogens is 569 g/mol. The van der Waals surface area contributed by atoms with Gasteiger partial charge in [0.1, 0.15) is 5.82 Å². The van der Waals surface area contributed by atoms with Gasteiger partial charge in [-0.3, -0.25) is 4.57 Å². The Kier molecular flexibility index (Phi) is 4.48. The summed E-state index contributed by atoms with van der Waals surface area (Å²) in [6, 6.07) is 35.0. The summed E-state index contributed by atoms with van der Waals surface area (Å²) in [5, 5.41) is 3.67. The Morgan fingerprint density at radius 2 is 1.00 bits per heavy atom. The molecular formula is C45H30N2. The molecule has 0 aliphatic rings. The molecule has 0 saturated heterocycles. The van der Waals surface area contributed by atoms with Gasteiger partial charge in [0.2, 0.25) is 0 Å². The molecule has 0 bridgehead atoms. The average Bonchev–Trinajstić information content (AvgIpc) is 3.61. The van der Waals surface area contributed by atoms with E-state index in [0.29, 0.717) is 22.3 Å². The van der Waals surface area contributed by atoms with Crippen LogP contribution in [0.3, 0.4) is 0 Å². The predicted octanol–water partition coefficient (Wildman–Crippen LogP) is 12.0. The van der Waals surface area contributed by atoms with Crippen molar-refractivity contribution < 1.29 is 13.7 Å². The van der Waals surface area contributed by atoms with Crippen LogP contribution in [0.2, 0.25) is 0 Å².